The van der Waals surface area contributed by atoms with Crippen molar-refractivity contribution < 1.29 is 24.2 Å². The van der Waals surface area contributed by atoms with Crippen molar-refractivity contribution in [1.82, 2.24) is 0 Å². The predicted molar refractivity (Wildman–Crippen MR) is 95.4 cm³/mol. The Labute approximate surface area is 147 Å². The minimum atomic E-state index is 0.100. The summed E-state index contributed by atoms with van der Waals surface area (Å²) < 4.78 is 12.0. The van der Waals surface area contributed by atoms with E-state index in [4.69, 9.17) is 9.47 Å². The Morgan fingerprint density at radius 2 is 1.64 bits per heavy atom. The number of methoxy groups -OCH3 is 2. The average Bonchev–Trinajstić information content (AvgIpc) is 2.58. The van der Waals surface area contributed by atoms with Gasteiger partial charge < -0.3 is 24.2 Å². The Hall–Kier alpha value is -2.40. The molecule has 5 nitrogen and oxygen atoms in total. The van der Waals surface area contributed by atoms with Crippen LogP contribution in [0.15, 0.2) is 18.2 Å². The molecular formula is C20H24NO4+. The first-order valence-corrected chi connectivity index (χ1v) is 8.53. The van der Waals surface area contributed by atoms with Gasteiger partial charge in [0.2, 0.25) is 0 Å². The predicted octanol–water partition coefficient (Wildman–Crippen LogP) is 3.01. The Morgan fingerprint density at radius 1 is 0.960 bits per heavy atom. The normalized spacial score (nSPS) is 19.8. The number of quaternary nitrogens is 1. The maximum atomic E-state index is 10.5. The van der Waals surface area contributed by atoms with Crippen molar-refractivity contribution >= 4 is 0 Å². The first kappa shape index (κ1) is 16.1. The molecule has 1 atom stereocenters. The maximum Gasteiger partial charge on any atom is 0.168 e. The Balaban J connectivity index is 2.14. The van der Waals surface area contributed by atoms with E-state index in [0.29, 0.717) is 11.5 Å². The van der Waals surface area contributed by atoms with Crippen molar-refractivity contribution in [1.29, 1.82) is 0 Å². The zero-order chi connectivity index (χ0) is 17.9. The Kier molecular flexibility index (Phi) is 3.41. The van der Waals surface area contributed by atoms with Crippen LogP contribution in [-0.4, -0.2) is 49.6 Å². The van der Waals surface area contributed by atoms with Crippen LogP contribution in [0, 0.1) is 0 Å². The van der Waals surface area contributed by atoms with E-state index in [-0.39, 0.29) is 17.5 Å². The quantitative estimate of drug-likeness (QED) is 0.824. The molecule has 4 rings (SSSR count). The molecule has 5 heteroatoms. The molecule has 132 valence electrons. The van der Waals surface area contributed by atoms with Crippen molar-refractivity contribution in [2.75, 3.05) is 34.9 Å². The largest absolute Gasteiger partial charge is 0.504 e. The Morgan fingerprint density at radius 3 is 2.32 bits per heavy atom. The van der Waals surface area contributed by atoms with Crippen molar-refractivity contribution in [3.63, 3.8) is 0 Å². The van der Waals surface area contributed by atoms with E-state index in [2.05, 4.69) is 14.1 Å². The van der Waals surface area contributed by atoms with E-state index in [1.165, 1.54) is 5.56 Å². The van der Waals surface area contributed by atoms with Crippen molar-refractivity contribution in [3.8, 4) is 34.1 Å². The van der Waals surface area contributed by atoms with Gasteiger partial charge in [-0.05, 0) is 23.3 Å². The minimum absolute atomic E-state index is 0.100. The molecule has 0 bridgehead atoms. The van der Waals surface area contributed by atoms with Gasteiger partial charge in [0.15, 0.2) is 23.0 Å². The molecule has 0 fully saturated rings. The topological polar surface area (TPSA) is 58.9 Å². The molecule has 0 saturated carbocycles. The molecule has 1 aliphatic heterocycles. The number of hydrogen-bond donors (Lipinski definition) is 2. The van der Waals surface area contributed by atoms with Crippen LogP contribution < -0.4 is 9.47 Å². The monoisotopic (exact) mass is 342 g/mol. The molecule has 2 aromatic rings. The molecule has 0 spiro atoms. The van der Waals surface area contributed by atoms with Crippen molar-refractivity contribution in [2.45, 2.75) is 18.9 Å². The van der Waals surface area contributed by atoms with Gasteiger partial charge in [-0.15, -0.1) is 0 Å². The highest BCUT2D eigenvalue weighted by molar-refractivity contribution is 5.88. The molecule has 0 amide bonds. The number of ether oxygens (including phenoxy) is 2. The van der Waals surface area contributed by atoms with Crippen LogP contribution in [0.2, 0.25) is 0 Å². The number of aromatic hydroxyl groups is 2. The molecular weight excluding hydrogens is 318 g/mol. The zero-order valence-corrected chi connectivity index (χ0v) is 15.1. The van der Waals surface area contributed by atoms with Gasteiger partial charge in [-0.25, -0.2) is 0 Å². The van der Waals surface area contributed by atoms with Gasteiger partial charge in [0.05, 0.1) is 34.9 Å². The Bertz CT molecular complexity index is 873. The summed E-state index contributed by atoms with van der Waals surface area (Å²) in [5.41, 5.74) is 5.18. The second kappa shape index (κ2) is 5.30. The molecule has 1 aliphatic carbocycles. The highest BCUT2D eigenvalue weighted by atomic mass is 16.5. The van der Waals surface area contributed by atoms with Gasteiger partial charge in [0.25, 0.3) is 0 Å². The van der Waals surface area contributed by atoms with E-state index in [0.717, 1.165) is 46.1 Å². The average molecular weight is 342 g/mol. The lowest BCUT2D eigenvalue weighted by Crippen LogP contribution is -2.49. The van der Waals surface area contributed by atoms with Crippen LogP contribution in [0.1, 0.15) is 22.7 Å². The fourth-order valence-electron chi connectivity index (χ4n) is 4.50. The highest BCUT2D eigenvalue weighted by Crippen LogP contribution is 2.56. The third-order valence-electron chi connectivity index (χ3n) is 5.82. The molecule has 1 heterocycles. The van der Waals surface area contributed by atoms with Gasteiger partial charge in [-0.2, -0.15) is 0 Å². The SMILES string of the molecule is COc1c(O)ccc2c1-c1c(OC)c(O)cc3c1[C@H](C2)[N+](C)(C)CC3. The third kappa shape index (κ3) is 2.12. The van der Waals surface area contributed by atoms with Crippen LogP contribution in [-0.2, 0) is 12.8 Å². The summed E-state index contributed by atoms with van der Waals surface area (Å²) in [5, 5.41) is 20.8. The summed E-state index contributed by atoms with van der Waals surface area (Å²) >= 11 is 0. The van der Waals surface area contributed by atoms with Gasteiger partial charge in [-0.1, -0.05) is 6.07 Å². The van der Waals surface area contributed by atoms with E-state index >= 15 is 0 Å². The van der Waals surface area contributed by atoms with Crippen LogP contribution in [0.3, 0.4) is 0 Å². The molecule has 0 aromatic heterocycles. The summed E-state index contributed by atoms with van der Waals surface area (Å²) in [4.78, 5) is 0. The lowest BCUT2D eigenvalue weighted by atomic mass is 9.75. The number of phenolic OH excluding ortho intramolecular Hbond substituents is 2. The van der Waals surface area contributed by atoms with Gasteiger partial charge >= 0.3 is 0 Å². The number of likely N-dealkylation sites (N-methyl/N-ethyl adjacent to an activating group) is 1. The van der Waals surface area contributed by atoms with Crippen LogP contribution in [0.5, 0.6) is 23.0 Å². The van der Waals surface area contributed by atoms with Gasteiger partial charge in [-0.3, -0.25) is 0 Å². The molecule has 0 radical (unpaired) electrons. The van der Waals surface area contributed by atoms with E-state index in [1.54, 1.807) is 20.3 Å². The van der Waals surface area contributed by atoms with Crippen LogP contribution in [0.4, 0.5) is 0 Å². The molecule has 2 aromatic carbocycles. The molecule has 0 saturated heterocycles. The lowest BCUT2D eigenvalue weighted by molar-refractivity contribution is -0.923. The number of phenols is 2. The maximum absolute atomic E-state index is 10.5. The molecule has 2 aliphatic rings. The van der Waals surface area contributed by atoms with Gasteiger partial charge in [0, 0.05) is 29.5 Å². The van der Waals surface area contributed by atoms with Crippen molar-refractivity contribution in [2.24, 2.45) is 0 Å². The van der Waals surface area contributed by atoms with Crippen molar-refractivity contribution in [3.05, 3.63) is 34.9 Å². The number of benzene rings is 2. The molecule has 2 N–H and O–H groups in total. The first-order valence-electron chi connectivity index (χ1n) is 8.53. The fraction of sp³-hybridized carbons (Fsp3) is 0.400. The third-order valence-corrected chi connectivity index (χ3v) is 5.82. The van der Waals surface area contributed by atoms with Crippen LogP contribution >= 0.6 is 0 Å². The summed E-state index contributed by atoms with van der Waals surface area (Å²) in [6.07, 6.45) is 1.77. The number of hydrogen-bond acceptors (Lipinski definition) is 4. The number of fused-ring (bicyclic) bond motifs is 2. The molecule has 25 heavy (non-hydrogen) atoms. The summed E-state index contributed by atoms with van der Waals surface area (Å²) in [7, 11) is 7.63. The smallest absolute Gasteiger partial charge is 0.168 e. The second-order valence-electron chi connectivity index (χ2n) is 7.50. The van der Waals surface area contributed by atoms with E-state index in [9.17, 15) is 10.2 Å². The summed E-state index contributed by atoms with van der Waals surface area (Å²) in [6, 6.07) is 5.76. The fourth-order valence-corrected chi connectivity index (χ4v) is 4.50. The minimum Gasteiger partial charge on any atom is -0.504 e. The second-order valence-corrected chi connectivity index (χ2v) is 7.50. The van der Waals surface area contributed by atoms with Crippen LogP contribution in [0.25, 0.3) is 11.1 Å². The summed E-state index contributed by atoms with van der Waals surface area (Å²) in [6.45, 7) is 1.02. The lowest BCUT2D eigenvalue weighted by Gasteiger charge is -2.46. The van der Waals surface area contributed by atoms with E-state index in [1.807, 2.05) is 12.1 Å². The number of nitrogens with zero attached hydrogens (tertiary/aromatic N) is 1. The highest BCUT2D eigenvalue weighted by Gasteiger charge is 2.44. The summed E-state index contributed by atoms with van der Waals surface area (Å²) in [5.74, 6) is 1.14. The molecule has 0 unspecified atom stereocenters. The van der Waals surface area contributed by atoms with E-state index < -0.39 is 0 Å². The van der Waals surface area contributed by atoms with Gasteiger partial charge in [0.1, 0.15) is 6.04 Å². The standard InChI is InChI=1S/C20H23NO4/c1-21(2)8-7-12-10-15(23)20(25-4)18-16(12)13(21)9-11-5-6-14(22)19(24-3)17(11)18/h5-6,10,13H,7-9H2,1-4H3,(H-,22,23)/p+1/t13-/m0/s1. The first-order chi connectivity index (χ1) is 11.9. The zero-order valence-electron chi connectivity index (χ0n) is 15.1. The number of rotatable bonds is 2.